The normalized spacial score (nSPS) is 14.0. The van der Waals surface area contributed by atoms with Crippen LogP contribution in [0.4, 0.5) is 5.82 Å². The third kappa shape index (κ3) is 5.80. The maximum Gasteiger partial charge on any atom is 0.255 e. The molecule has 0 atom stereocenters. The van der Waals surface area contributed by atoms with E-state index in [0.29, 0.717) is 30.0 Å². The molecule has 11 heteroatoms. The summed E-state index contributed by atoms with van der Waals surface area (Å²) in [6.07, 6.45) is 6.91. The number of fused-ring (bicyclic) bond motifs is 1. The smallest absolute Gasteiger partial charge is 0.255 e. The molecule has 1 aromatic carbocycles. The Hall–Kier alpha value is -4.35. The number of ether oxygens (including phenoxy) is 1. The van der Waals surface area contributed by atoms with Gasteiger partial charge in [0.05, 0.1) is 18.4 Å². The molecule has 0 spiro atoms. The van der Waals surface area contributed by atoms with Gasteiger partial charge in [0.1, 0.15) is 17.9 Å². The largest absolute Gasteiger partial charge is 0.383 e. The summed E-state index contributed by atoms with van der Waals surface area (Å²) in [5, 5.41) is 5.17. The third-order valence-electron chi connectivity index (χ3n) is 7.29. The molecule has 0 aliphatic carbocycles. The van der Waals surface area contributed by atoms with Gasteiger partial charge in [-0.1, -0.05) is 24.3 Å². The lowest BCUT2D eigenvalue weighted by Crippen LogP contribution is -2.48. The number of aromatic nitrogens is 4. The van der Waals surface area contributed by atoms with E-state index in [9.17, 15) is 9.59 Å². The van der Waals surface area contributed by atoms with Gasteiger partial charge in [-0.15, -0.1) is 0 Å². The van der Waals surface area contributed by atoms with Crippen LogP contribution in [0.2, 0.25) is 0 Å². The maximum atomic E-state index is 13.0. The van der Waals surface area contributed by atoms with Crippen LogP contribution >= 0.6 is 0 Å². The number of carbonyl (C=O) groups is 2. The first kappa shape index (κ1) is 27.2. The zero-order chi connectivity index (χ0) is 28.2. The Morgan fingerprint density at radius 2 is 1.73 bits per heavy atom. The zero-order valence-electron chi connectivity index (χ0n) is 23.1. The number of rotatable bonds is 8. The Kier molecular flexibility index (Phi) is 8.04. The highest BCUT2D eigenvalue weighted by Gasteiger charge is 2.20. The lowest BCUT2D eigenvalue weighted by atomic mass is 9.99. The summed E-state index contributed by atoms with van der Waals surface area (Å²) in [6.45, 7) is 4.41. The molecule has 1 fully saturated rings. The van der Waals surface area contributed by atoms with Crippen molar-refractivity contribution >= 4 is 28.5 Å². The SMILES string of the molecule is COCCN(C)C(=O)c1cnc2c(N)ncc(-c3ccc(-c4cnn(CC(=O)N5CCN(C)CC5)c4)cc3)c2c1. The van der Waals surface area contributed by atoms with Crippen molar-refractivity contribution in [2.24, 2.45) is 0 Å². The summed E-state index contributed by atoms with van der Waals surface area (Å²) in [6, 6.07) is 9.81. The van der Waals surface area contributed by atoms with Crippen LogP contribution in [0.3, 0.4) is 0 Å². The molecule has 2 amide bonds. The van der Waals surface area contributed by atoms with Gasteiger partial charge < -0.3 is 25.2 Å². The number of hydrogen-bond acceptors (Lipinski definition) is 8. The van der Waals surface area contributed by atoms with E-state index in [1.807, 2.05) is 41.4 Å². The Morgan fingerprint density at radius 1 is 1.00 bits per heavy atom. The summed E-state index contributed by atoms with van der Waals surface area (Å²) >= 11 is 0. The first-order valence-electron chi connectivity index (χ1n) is 13.2. The molecule has 11 nitrogen and oxygen atoms in total. The van der Waals surface area contributed by atoms with Crippen molar-refractivity contribution in [1.82, 2.24) is 34.4 Å². The predicted molar refractivity (Wildman–Crippen MR) is 154 cm³/mol. The topological polar surface area (TPSA) is 123 Å². The van der Waals surface area contributed by atoms with Crippen molar-refractivity contribution in [1.29, 1.82) is 0 Å². The lowest BCUT2D eigenvalue weighted by Gasteiger charge is -2.32. The number of nitrogens with two attached hydrogens (primary N) is 1. The molecule has 0 saturated carbocycles. The Labute approximate surface area is 233 Å². The van der Waals surface area contributed by atoms with Crippen LogP contribution in [-0.2, 0) is 16.1 Å². The second-order valence-corrected chi connectivity index (χ2v) is 10.1. The number of methoxy groups -OCH3 is 1. The fourth-order valence-corrected chi connectivity index (χ4v) is 4.77. The number of carbonyl (C=O) groups excluding carboxylic acids is 2. The van der Waals surface area contributed by atoms with Crippen LogP contribution in [0.1, 0.15) is 10.4 Å². The van der Waals surface area contributed by atoms with E-state index in [1.165, 1.54) is 6.20 Å². The molecule has 0 unspecified atom stereocenters. The molecule has 208 valence electrons. The van der Waals surface area contributed by atoms with E-state index < -0.39 is 0 Å². The minimum atomic E-state index is -0.147. The fourth-order valence-electron chi connectivity index (χ4n) is 4.77. The van der Waals surface area contributed by atoms with E-state index in [4.69, 9.17) is 10.5 Å². The van der Waals surface area contributed by atoms with E-state index in [-0.39, 0.29) is 18.4 Å². The van der Waals surface area contributed by atoms with Gasteiger partial charge in [0.2, 0.25) is 5.91 Å². The van der Waals surface area contributed by atoms with Crippen molar-refractivity contribution < 1.29 is 14.3 Å². The highest BCUT2D eigenvalue weighted by molar-refractivity contribution is 6.03. The summed E-state index contributed by atoms with van der Waals surface area (Å²) in [7, 11) is 5.40. The standard InChI is InChI=1S/C29H34N8O3/c1-34-8-10-36(11-9-34)26(38)19-37-18-23(16-33-37)20-4-6-21(7-5-20)25-17-32-28(30)27-24(25)14-22(15-31-27)29(39)35(2)12-13-40-3/h4-7,14-18H,8-13,19H2,1-3H3,(H2,30,32). The lowest BCUT2D eigenvalue weighted by molar-refractivity contribution is -0.133. The summed E-state index contributed by atoms with van der Waals surface area (Å²) < 4.78 is 6.78. The molecule has 0 bridgehead atoms. The predicted octanol–water partition coefficient (Wildman–Crippen LogP) is 2.23. The van der Waals surface area contributed by atoms with E-state index >= 15 is 0 Å². The van der Waals surface area contributed by atoms with E-state index in [2.05, 4.69) is 27.0 Å². The van der Waals surface area contributed by atoms with Gasteiger partial charge in [-0.3, -0.25) is 19.3 Å². The van der Waals surface area contributed by atoms with Gasteiger partial charge in [0.15, 0.2) is 0 Å². The minimum Gasteiger partial charge on any atom is -0.383 e. The molecule has 4 heterocycles. The van der Waals surface area contributed by atoms with Crippen molar-refractivity contribution in [3.63, 3.8) is 0 Å². The van der Waals surface area contributed by atoms with E-state index in [0.717, 1.165) is 53.8 Å². The van der Waals surface area contributed by atoms with Crippen LogP contribution in [0.5, 0.6) is 0 Å². The van der Waals surface area contributed by atoms with Crippen molar-refractivity contribution in [2.45, 2.75) is 6.54 Å². The molecule has 3 aromatic heterocycles. The highest BCUT2D eigenvalue weighted by atomic mass is 16.5. The van der Waals surface area contributed by atoms with Gasteiger partial charge in [-0.2, -0.15) is 5.10 Å². The van der Waals surface area contributed by atoms with Gasteiger partial charge in [-0.25, -0.2) is 4.98 Å². The Morgan fingerprint density at radius 3 is 2.45 bits per heavy atom. The third-order valence-corrected chi connectivity index (χ3v) is 7.29. The first-order chi connectivity index (χ1) is 19.3. The number of pyridine rings is 2. The van der Waals surface area contributed by atoms with Gasteiger partial charge in [0, 0.05) is 82.0 Å². The van der Waals surface area contributed by atoms with Gasteiger partial charge in [-0.05, 0) is 24.2 Å². The van der Waals surface area contributed by atoms with Gasteiger partial charge >= 0.3 is 0 Å². The average molecular weight is 543 g/mol. The average Bonchev–Trinajstić information content (AvgIpc) is 3.44. The van der Waals surface area contributed by atoms with Crippen LogP contribution in [0, 0.1) is 0 Å². The molecule has 40 heavy (non-hydrogen) atoms. The molecule has 5 rings (SSSR count). The molecular formula is C29H34N8O3. The number of piperazine rings is 1. The monoisotopic (exact) mass is 542 g/mol. The summed E-state index contributed by atoms with van der Waals surface area (Å²) in [4.78, 5) is 40.2. The number of amides is 2. The molecule has 1 aliphatic rings. The Balaban J connectivity index is 1.35. The zero-order valence-corrected chi connectivity index (χ0v) is 23.1. The quantitative estimate of drug-likeness (QED) is 0.360. The number of nitrogens with zero attached hydrogens (tertiary/aromatic N) is 7. The second kappa shape index (κ2) is 11.8. The number of likely N-dealkylation sites (N-methyl/N-ethyl adjacent to an activating group) is 2. The van der Waals surface area contributed by atoms with Crippen molar-refractivity contribution in [3.8, 4) is 22.3 Å². The number of anilines is 1. The summed E-state index contributed by atoms with van der Waals surface area (Å²) in [5.74, 6) is 0.240. The van der Waals surface area contributed by atoms with Crippen LogP contribution in [0.15, 0.2) is 55.1 Å². The van der Waals surface area contributed by atoms with Crippen LogP contribution in [-0.4, -0.2) is 107 Å². The summed E-state index contributed by atoms with van der Waals surface area (Å²) in [5.41, 5.74) is 10.8. The molecular weight excluding hydrogens is 508 g/mol. The fraction of sp³-hybridized carbons (Fsp3) is 0.345. The molecule has 1 aliphatic heterocycles. The number of hydrogen-bond donors (Lipinski definition) is 1. The molecule has 0 radical (unpaired) electrons. The van der Waals surface area contributed by atoms with E-state index in [1.54, 1.807) is 36.1 Å². The number of benzene rings is 1. The van der Waals surface area contributed by atoms with Crippen LogP contribution < -0.4 is 5.73 Å². The van der Waals surface area contributed by atoms with Crippen molar-refractivity contribution in [3.05, 3.63) is 60.7 Å². The highest BCUT2D eigenvalue weighted by Crippen LogP contribution is 2.32. The maximum absolute atomic E-state index is 13.0. The Bertz CT molecular complexity index is 1510. The molecule has 2 N–H and O–H groups in total. The molecule has 1 saturated heterocycles. The second-order valence-electron chi connectivity index (χ2n) is 10.1. The van der Waals surface area contributed by atoms with Crippen molar-refractivity contribution in [2.75, 3.05) is 66.3 Å². The van der Waals surface area contributed by atoms with Crippen LogP contribution in [0.25, 0.3) is 33.2 Å². The number of nitrogen functional groups attached to an aromatic ring is 1. The van der Waals surface area contributed by atoms with Gasteiger partial charge in [0.25, 0.3) is 5.91 Å². The first-order valence-corrected chi connectivity index (χ1v) is 13.2. The minimum absolute atomic E-state index is 0.0807. The molecule has 4 aromatic rings.